The van der Waals surface area contributed by atoms with E-state index in [2.05, 4.69) is 0 Å². The maximum atomic E-state index is 12.1. The Kier molecular flexibility index (Phi) is 7.69. The average molecular weight is 515 g/mol. The number of fused-ring (bicyclic) bond motifs is 1. The molecule has 1 unspecified atom stereocenters. The molecule has 0 saturated carbocycles. The zero-order valence-electron chi connectivity index (χ0n) is 18.6. The van der Waals surface area contributed by atoms with Crippen LogP contribution >= 0.6 is 0 Å². The molecule has 0 N–H and O–H groups in total. The summed E-state index contributed by atoms with van der Waals surface area (Å²) in [5.41, 5.74) is 1.49. The molecular formula is C22H26O10S2. The fourth-order valence-corrected chi connectivity index (χ4v) is 5.06. The fraction of sp³-hybridized carbons (Fsp3) is 0.455. The molecule has 2 heterocycles. The number of benzene rings is 2. The van der Waals surface area contributed by atoms with Crippen LogP contribution in [0.3, 0.4) is 0 Å². The van der Waals surface area contributed by atoms with Crippen molar-refractivity contribution < 1.29 is 44.1 Å². The molecule has 2 aliphatic heterocycles. The van der Waals surface area contributed by atoms with Gasteiger partial charge in [0.1, 0.15) is 18.3 Å². The molecule has 0 bridgehead atoms. The number of ether oxygens (including phenoxy) is 4. The van der Waals surface area contributed by atoms with Crippen LogP contribution in [-0.2, 0) is 54.2 Å². The van der Waals surface area contributed by atoms with Gasteiger partial charge in [0.15, 0.2) is 18.7 Å². The Hall–Kier alpha value is -1.90. The van der Waals surface area contributed by atoms with Gasteiger partial charge in [0.05, 0.1) is 25.7 Å². The molecule has 12 heteroatoms. The van der Waals surface area contributed by atoms with Gasteiger partial charge in [-0.3, -0.25) is 8.37 Å². The number of hydrogen-bond donors (Lipinski definition) is 0. The van der Waals surface area contributed by atoms with Crippen LogP contribution in [0.25, 0.3) is 0 Å². The predicted octanol–water partition coefficient (Wildman–Crippen LogP) is 1.73. The van der Waals surface area contributed by atoms with Crippen molar-refractivity contribution in [1.29, 1.82) is 0 Å². The first-order valence-corrected chi connectivity index (χ1v) is 14.1. The van der Waals surface area contributed by atoms with Crippen molar-refractivity contribution in [3.05, 3.63) is 71.8 Å². The van der Waals surface area contributed by atoms with Gasteiger partial charge in [-0.2, -0.15) is 16.8 Å². The fourth-order valence-electron chi connectivity index (χ4n) is 3.83. The first-order valence-electron chi connectivity index (χ1n) is 10.5. The summed E-state index contributed by atoms with van der Waals surface area (Å²) in [5, 5.41) is 0. The van der Waals surface area contributed by atoms with E-state index in [0.29, 0.717) is 5.56 Å². The third kappa shape index (κ3) is 6.61. The van der Waals surface area contributed by atoms with E-state index in [4.69, 9.17) is 27.3 Å². The van der Waals surface area contributed by atoms with E-state index in [0.717, 1.165) is 18.1 Å². The molecule has 2 aromatic carbocycles. The summed E-state index contributed by atoms with van der Waals surface area (Å²) in [6, 6.07) is 18.1. The van der Waals surface area contributed by atoms with Crippen LogP contribution in [0.15, 0.2) is 60.7 Å². The lowest BCUT2D eigenvalue weighted by molar-refractivity contribution is -0.355. The smallest absolute Gasteiger partial charge is 0.264 e. The molecule has 0 spiro atoms. The lowest BCUT2D eigenvalue weighted by atomic mass is 9.98. The summed E-state index contributed by atoms with van der Waals surface area (Å²) < 4.78 is 82.6. The number of rotatable bonds is 8. The second-order valence-electron chi connectivity index (χ2n) is 8.05. The van der Waals surface area contributed by atoms with E-state index < -0.39 is 57.2 Å². The first kappa shape index (κ1) is 25.2. The van der Waals surface area contributed by atoms with Crippen LogP contribution in [-0.4, -0.2) is 66.7 Å². The molecule has 2 saturated heterocycles. The largest absolute Gasteiger partial charge is 0.346 e. The second-order valence-corrected chi connectivity index (χ2v) is 11.2. The minimum absolute atomic E-state index is 0.0324. The van der Waals surface area contributed by atoms with Crippen molar-refractivity contribution in [1.82, 2.24) is 0 Å². The zero-order valence-corrected chi connectivity index (χ0v) is 20.2. The van der Waals surface area contributed by atoms with Gasteiger partial charge < -0.3 is 18.9 Å². The highest BCUT2D eigenvalue weighted by Gasteiger charge is 2.54. The van der Waals surface area contributed by atoms with E-state index in [1.54, 1.807) is 24.3 Å². The molecule has 6 atom stereocenters. The Bertz CT molecular complexity index is 1150. The molecule has 186 valence electrons. The van der Waals surface area contributed by atoms with Crippen molar-refractivity contribution >= 4 is 20.2 Å². The van der Waals surface area contributed by atoms with E-state index in [-0.39, 0.29) is 13.2 Å². The molecule has 2 aromatic rings. The molecule has 2 fully saturated rings. The average Bonchev–Trinajstić information content (AvgIpc) is 2.79. The summed E-state index contributed by atoms with van der Waals surface area (Å²) in [4.78, 5) is 0. The SMILES string of the molecule is CS(=O)(=O)O[C@@H]1[C@@H](OS(C)(=O)=O)[C@H](OCc2ccccc2)O[C@@H]2COC(c3ccccc3)O[C@@H]12. The Balaban J connectivity index is 1.63. The predicted molar refractivity (Wildman–Crippen MR) is 119 cm³/mol. The molecule has 0 amide bonds. The van der Waals surface area contributed by atoms with Crippen molar-refractivity contribution in [2.45, 2.75) is 43.6 Å². The van der Waals surface area contributed by atoms with Crippen LogP contribution in [0, 0.1) is 0 Å². The van der Waals surface area contributed by atoms with Gasteiger partial charge in [-0.25, -0.2) is 0 Å². The van der Waals surface area contributed by atoms with E-state index >= 15 is 0 Å². The van der Waals surface area contributed by atoms with Gasteiger partial charge in [0, 0.05) is 5.56 Å². The van der Waals surface area contributed by atoms with Gasteiger partial charge >= 0.3 is 0 Å². The highest BCUT2D eigenvalue weighted by Crippen LogP contribution is 2.37. The summed E-state index contributed by atoms with van der Waals surface area (Å²) in [6.07, 6.45) is -5.04. The third-order valence-corrected chi connectivity index (χ3v) is 6.33. The van der Waals surface area contributed by atoms with Crippen LogP contribution < -0.4 is 0 Å². The molecule has 34 heavy (non-hydrogen) atoms. The Morgan fingerprint density at radius 3 is 2.03 bits per heavy atom. The molecule has 0 aliphatic carbocycles. The maximum Gasteiger partial charge on any atom is 0.264 e. The van der Waals surface area contributed by atoms with E-state index in [1.807, 2.05) is 36.4 Å². The minimum atomic E-state index is -4.05. The van der Waals surface area contributed by atoms with E-state index in [1.165, 1.54) is 0 Å². The van der Waals surface area contributed by atoms with Crippen LogP contribution in [0.2, 0.25) is 0 Å². The van der Waals surface area contributed by atoms with Gasteiger partial charge in [0.2, 0.25) is 0 Å². The maximum absolute atomic E-state index is 12.1. The highest BCUT2D eigenvalue weighted by atomic mass is 32.2. The van der Waals surface area contributed by atoms with E-state index in [9.17, 15) is 16.8 Å². The van der Waals surface area contributed by atoms with Gasteiger partial charge in [-0.1, -0.05) is 60.7 Å². The first-order chi connectivity index (χ1) is 16.1. The minimum Gasteiger partial charge on any atom is -0.346 e. The van der Waals surface area contributed by atoms with Crippen molar-refractivity contribution in [3.8, 4) is 0 Å². The van der Waals surface area contributed by atoms with Crippen LogP contribution in [0.5, 0.6) is 0 Å². The monoisotopic (exact) mass is 514 g/mol. The summed E-state index contributed by atoms with van der Waals surface area (Å²) >= 11 is 0. The molecule has 0 radical (unpaired) electrons. The normalized spacial score (nSPS) is 29.9. The second kappa shape index (κ2) is 10.4. The van der Waals surface area contributed by atoms with Gasteiger partial charge in [-0.05, 0) is 5.56 Å². The summed E-state index contributed by atoms with van der Waals surface area (Å²) in [6.45, 7) is 0.0944. The van der Waals surface area contributed by atoms with Crippen molar-refractivity contribution in [2.24, 2.45) is 0 Å². The van der Waals surface area contributed by atoms with Crippen molar-refractivity contribution in [3.63, 3.8) is 0 Å². The zero-order chi connectivity index (χ0) is 24.3. The van der Waals surface area contributed by atoms with Gasteiger partial charge in [0.25, 0.3) is 20.2 Å². The highest BCUT2D eigenvalue weighted by molar-refractivity contribution is 7.86. The lowest BCUT2D eigenvalue weighted by Crippen LogP contribution is -2.64. The molecule has 0 aromatic heterocycles. The third-order valence-electron chi connectivity index (χ3n) is 5.18. The standard InChI is InChI=1S/C22H26O10S2/c1-33(23,24)31-19-18-17(14-28-21(30-18)16-11-7-4-8-12-16)29-22(20(19)32-34(2,25)26)27-13-15-9-5-3-6-10-15/h3-12,17-22H,13-14H2,1-2H3/t17-,18-,19+,20-,21?,22-/m1/s1. The van der Waals surface area contributed by atoms with Crippen molar-refractivity contribution in [2.75, 3.05) is 19.1 Å². The van der Waals surface area contributed by atoms with Crippen LogP contribution in [0.4, 0.5) is 0 Å². The van der Waals surface area contributed by atoms with Gasteiger partial charge in [-0.15, -0.1) is 0 Å². The Morgan fingerprint density at radius 2 is 1.41 bits per heavy atom. The molecule has 4 rings (SSSR count). The Labute approximate surface area is 198 Å². The quantitative estimate of drug-likeness (QED) is 0.481. The molecule has 10 nitrogen and oxygen atoms in total. The topological polar surface area (TPSA) is 124 Å². The van der Waals surface area contributed by atoms with Crippen LogP contribution in [0.1, 0.15) is 17.4 Å². The molecular weight excluding hydrogens is 488 g/mol. The summed E-state index contributed by atoms with van der Waals surface area (Å²) in [5.74, 6) is 0. The number of hydrogen-bond acceptors (Lipinski definition) is 10. The summed E-state index contributed by atoms with van der Waals surface area (Å²) in [7, 11) is -8.10. The lowest BCUT2D eigenvalue weighted by Gasteiger charge is -2.47. The Morgan fingerprint density at radius 1 is 0.824 bits per heavy atom. The molecule has 2 aliphatic rings.